The van der Waals surface area contributed by atoms with Crippen LogP contribution in [0.4, 0.5) is 5.69 Å². The predicted octanol–water partition coefficient (Wildman–Crippen LogP) is 3.03. The van der Waals surface area contributed by atoms with E-state index in [1.54, 1.807) is 59.8 Å². The number of benzene rings is 1. The van der Waals surface area contributed by atoms with Crippen LogP contribution in [0.2, 0.25) is 0 Å². The molecular weight excluding hydrogens is 304 g/mol. The largest absolute Gasteiger partial charge is 0.322 e. The number of carbonyl (C=O) groups is 2. The van der Waals surface area contributed by atoms with E-state index in [2.05, 4.69) is 15.3 Å². The van der Waals surface area contributed by atoms with Crippen molar-refractivity contribution in [3.8, 4) is 5.82 Å². The summed E-state index contributed by atoms with van der Waals surface area (Å²) in [6.07, 6.45) is 6.60. The van der Waals surface area contributed by atoms with Crippen molar-refractivity contribution in [2.45, 2.75) is 13.8 Å². The Bertz CT molecular complexity index is 901. The minimum atomic E-state index is -0.242. The molecule has 2 heterocycles. The lowest BCUT2D eigenvalue weighted by Gasteiger charge is -2.09. The van der Waals surface area contributed by atoms with Gasteiger partial charge < -0.3 is 5.32 Å². The van der Waals surface area contributed by atoms with Gasteiger partial charge in [0.15, 0.2) is 5.78 Å². The molecule has 0 saturated heterocycles. The number of nitrogens with one attached hydrogen (secondary N) is 1. The molecule has 0 fully saturated rings. The zero-order chi connectivity index (χ0) is 17.1. The summed E-state index contributed by atoms with van der Waals surface area (Å²) < 4.78 is 1.72. The van der Waals surface area contributed by atoms with Gasteiger partial charge >= 0.3 is 0 Å². The van der Waals surface area contributed by atoms with E-state index in [0.29, 0.717) is 22.6 Å². The molecule has 1 N–H and O–H groups in total. The Hall–Kier alpha value is -3.28. The van der Waals surface area contributed by atoms with Crippen LogP contribution in [0, 0.1) is 6.92 Å². The van der Waals surface area contributed by atoms with Gasteiger partial charge in [-0.3, -0.25) is 14.2 Å². The lowest BCUT2D eigenvalue weighted by atomic mass is 10.0. The van der Waals surface area contributed by atoms with Gasteiger partial charge in [-0.2, -0.15) is 0 Å². The molecule has 0 saturated carbocycles. The van der Waals surface area contributed by atoms with Crippen LogP contribution < -0.4 is 5.32 Å². The van der Waals surface area contributed by atoms with Gasteiger partial charge in [-0.15, -0.1) is 0 Å². The summed E-state index contributed by atoms with van der Waals surface area (Å²) in [5.74, 6) is 0.376. The van der Waals surface area contributed by atoms with Crippen LogP contribution >= 0.6 is 0 Å². The first kappa shape index (κ1) is 15.6. The highest BCUT2D eigenvalue weighted by Gasteiger charge is 2.10. The average Bonchev–Trinajstić information content (AvgIpc) is 3.09. The highest BCUT2D eigenvalue weighted by Crippen LogP contribution is 2.17. The molecule has 0 unspecified atom stereocenters. The van der Waals surface area contributed by atoms with E-state index in [0.717, 1.165) is 5.56 Å². The minimum absolute atomic E-state index is 0.00415. The Labute approximate surface area is 139 Å². The third kappa shape index (κ3) is 3.22. The molecule has 1 aromatic carbocycles. The van der Waals surface area contributed by atoms with E-state index in [1.165, 1.54) is 6.92 Å². The van der Waals surface area contributed by atoms with Crippen molar-refractivity contribution in [3.63, 3.8) is 0 Å². The number of pyridine rings is 1. The van der Waals surface area contributed by atoms with Crippen molar-refractivity contribution in [2.75, 3.05) is 5.32 Å². The first-order chi connectivity index (χ1) is 11.5. The quantitative estimate of drug-likeness (QED) is 0.750. The smallest absolute Gasteiger partial charge is 0.255 e. The number of amides is 1. The first-order valence-corrected chi connectivity index (χ1v) is 7.42. The Morgan fingerprint density at radius 1 is 1.12 bits per heavy atom. The Balaban J connectivity index is 1.82. The zero-order valence-electron chi connectivity index (χ0n) is 13.4. The van der Waals surface area contributed by atoms with Gasteiger partial charge in [-0.25, -0.2) is 9.97 Å². The molecule has 0 spiro atoms. The highest BCUT2D eigenvalue weighted by molar-refractivity contribution is 6.05. The fourth-order valence-electron chi connectivity index (χ4n) is 2.44. The third-order valence-electron chi connectivity index (χ3n) is 3.64. The number of imidazole rings is 1. The van der Waals surface area contributed by atoms with Crippen molar-refractivity contribution < 1.29 is 9.59 Å². The van der Waals surface area contributed by atoms with Crippen molar-refractivity contribution in [1.82, 2.24) is 14.5 Å². The van der Waals surface area contributed by atoms with Crippen LogP contribution in [-0.2, 0) is 0 Å². The number of rotatable bonds is 4. The number of anilines is 1. The molecule has 6 heteroatoms. The molecule has 0 aliphatic rings. The first-order valence-electron chi connectivity index (χ1n) is 7.42. The number of hydrogen-bond donors (Lipinski definition) is 1. The molecular formula is C18H16N4O2. The maximum atomic E-state index is 12.4. The zero-order valence-corrected chi connectivity index (χ0v) is 13.4. The number of aryl methyl sites for hydroxylation is 1. The van der Waals surface area contributed by atoms with E-state index in [1.807, 2.05) is 6.92 Å². The van der Waals surface area contributed by atoms with Crippen molar-refractivity contribution >= 4 is 17.4 Å². The Morgan fingerprint density at radius 3 is 2.62 bits per heavy atom. The number of aromatic nitrogens is 3. The average molecular weight is 320 g/mol. The second-order valence-electron chi connectivity index (χ2n) is 5.41. The van der Waals surface area contributed by atoms with Crippen LogP contribution in [-0.4, -0.2) is 26.2 Å². The molecule has 1 amide bonds. The van der Waals surface area contributed by atoms with E-state index in [-0.39, 0.29) is 11.7 Å². The van der Waals surface area contributed by atoms with Crippen LogP contribution in [0.5, 0.6) is 0 Å². The number of Topliss-reactive ketones (excluding diaryl/α,β-unsaturated/α-hetero) is 1. The molecule has 0 aliphatic heterocycles. The van der Waals surface area contributed by atoms with Gasteiger partial charge in [-0.1, -0.05) is 0 Å². The topological polar surface area (TPSA) is 76.9 Å². The van der Waals surface area contributed by atoms with Gasteiger partial charge in [0, 0.05) is 35.4 Å². The molecule has 0 bridgehead atoms. The third-order valence-corrected chi connectivity index (χ3v) is 3.64. The standard InChI is InChI=1S/C18H16N4O2/c1-12-9-15(3-4-16(12)13(2)23)21-18(24)14-5-6-20-17(10-14)22-8-7-19-11-22/h3-11H,1-2H3,(H,21,24). The van der Waals surface area contributed by atoms with Gasteiger partial charge in [-0.05, 0) is 49.7 Å². The SMILES string of the molecule is CC(=O)c1ccc(NC(=O)c2ccnc(-n3ccnc3)c2)cc1C. The Kier molecular flexibility index (Phi) is 4.20. The summed E-state index contributed by atoms with van der Waals surface area (Å²) >= 11 is 0. The Morgan fingerprint density at radius 2 is 1.96 bits per heavy atom. The molecule has 0 aliphatic carbocycles. The monoisotopic (exact) mass is 320 g/mol. The van der Waals surface area contributed by atoms with Gasteiger partial charge in [0.1, 0.15) is 12.1 Å². The van der Waals surface area contributed by atoms with E-state index < -0.39 is 0 Å². The summed E-state index contributed by atoms with van der Waals surface area (Å²) in [7, 11) is 0. The van der Waals surface area contributed by atoms with Crippen LogP contribution in [0.3, 0.4) is 0 Å². The molecule has 0 radical (unpaired) electrons. The molecule has 120 valence electrons. The summed E-state index contributed by atoms with van der Waals surface area (Å²) in [6, 6.07) is 8.56. The normalized spacial score (nSPS) is 10.4. The summed E-state index contributed by atoms with van der Waals surface area (Å²) in [5, 5.41) is 2.83. The predicted molar refractivity (Wildman–Crippen MR) is 90.5 cm³/mol. The minimum Gasteiger partial charge on any atom is -0.322 e. The maximum Gasteiger partial charge on any atom is 0.255 e. The van der Waals surface area contributed by atoms with E-state index in [9.17, 15) is 9.59 Å². The molecule has 24 heavy (non-hydrogen) atoms. The van der Waals surface area contributed by atoms with Gasteiger partial charge in [0.25, 0.3) is 5.91 Å². The van der Waals surface area contributed by atoms with Crippen LogP contribution in [0.1, 0.15) is 33.2 Å². The summed E-state index contributed by atoms with van der Waals surface area (Å²) in [4.78, 5) is 32.1. The summed E-state index contributed by atoms with van der Waals surface area (Å²) in [5.41, 5.74) is 2.61. The number of ketones is 1. The molecule has 2 aromatic heterocycles. The highest BCUT2D eigenvalue weighted by atomic mass is 16.1. The number of carbonyl (C=O) groups excluding carboxylic acids is 2. The van der Waals surface area contributed by atoms with E-state index >= 15 is 0 Å². The van der Waals surface area contributed by atoms with Crippen LogP contribution in [0.25, 0.3) is 5.82 Å². The fraction of sp³-hybridized carbons (Fsp3) is 0.111. The lowest BCUT2D eigenvalue weighted by Crippen LogP contribution is -2.13. The fourth-order valence-corrected chi connectivity index (χ4v) is 2.44. The molecule has 0 atom stereocenters. The lowest BCUT2D eigenvalue weighted by molar-refractivity contribution is 0.101. The van der Waals surface area contributed by atoms with Crippen molar-refractivity contribution in [1.29, 1.82) is 0 Å². The summed E-state index contributed by atoms with van der Waals surface area (Å²) in [6.45, 7) is 3.37. The number of hydrogen-bond acceptors (Lipinski definition) is 4. The second kappa shape index (κ2) is 6.45. The van der Waals surface area contributed by atoms with Gasteiger partial charge in [0.05, 0.1) is 0 Å². The molecule has 6 nitrogen and oxygen atoms in total. The maximum absolute atomic E-state index is 12.4. The van der Waals surface area contributed by atoms with E-state index in [4.69, 9.17) is 0 Å². The number of nitrogens with zero attached hydrogens (tertiary/aromatic N) is 3. The molecule has 3 aromatic rings. The second-order valence-corrected chi connectivity index (χ2v) is 5.41. The van der Waals surface area contributed by atoms with Crippen molar-refractivity contribution in [2.24, 2.45) is 0 Å². The van der Waals surface area contributed by atoms with Crippen LogP contribution in [0.15, 0.2) is 55.2 Å². The molecule has 3 rings (SSSR count). The van der Waals surface area contributed by atoms with Gasteiger partial charge in [0.2, 0.25) is 0 Å². The van der Waals surface area contributed by atoms with Crippen molar-refractivity contribution in [3.05, 3.63) is 71.9 Å².